The Balaban J connectivity index is 2.71. The van der Waals surface area contributed by atoms with Crippen molar-refractivity contribution < 1.29 is 9.90 Å². The summed E-state index contributed by atoms with van der Waals surface area (Å²) in [5, 5.41) is 12.3. The zero-order valence-corrected chi connectivity index (χ0v) is 10.9. The Kier molecular flexibility index (Phi) is 6.08. The van der Waals surface area contributed by atoms with Crippen LogP contribution in [0.2, 0.25) is 0 Å². The lowest BCUT2D eigenvalue weighted by Crippen LogP contribution is -2.39. The monoisotopic (exact) mass is 253 g/mol. The van der Waals surface area contributed by atoms with Gasteiger partial charge in [0.2, 0.25) is 0 Å². The summed E-state index contributed by atoms with van der Waals surface area (Å²) in [6.07, 6.45) is 1.39. The summed E-state index contributed by atoms with van der Waals surface area (Å²) in [5.74, 6) is -0.247. The van der Waals surface area contributed by atoms with E-state index in [9.17, 15) is 4.79 Å². The van der Waals surface area contributed by atoms with Crippen molar-refractivity contribution in [3.63, 3.8) is 0 Å². The van der Waals surface area contributed by atoms with Crippen molar-refractivity contribution in [3.05, 3.63) is 35.9 Å². The fourth-order valence-electron chi connectivity index (χ4n) is 1.79. The first-order valence-electron chi connectivity index (χ1n) is 5.83. The molecule has 0 aromatic heterocycles. The van der Waals surface area contributed by atoms with Gasteiger partial charge >= 0.3 is 5.97 Å². The first kappa shape index (κ1) is 14.1. The van der Waals surface area contributed by atoms with Gasteiger partial charge in [-0.2, -0.15) is 12.6 Å². The third kappa shape index (κ3) is 4.40. The van der Waals surface area contributed by atoms with Crippen LogP contribution in [-0.2, 0) is 4.79 Å². The SMILES string of the molecule is CCC(N[C@@H](CCS)C(=O)O)c1ccccc1. The van der Waals surface area contributed by atoms with E-state index in [4.69, 9.17) is 5.11 Å². The molecule has 1 rings (SSSR count). The van der Waals surface area contributed by atoms with Gasteiger partial charge in [-0.1, -0.05) is 37.3 Å². The van der Waals surface area contributed by atoms with Crippen LogP contribution in [0.25, 0.3) is 0 Å². The van der Waals surface area contributed by atoms with Gasteiger partial charge in [-0.05, 0) is 24.2 Å². The second-order valence-corrected chi connectivity index (χ2v) is 4.39. The molecule has 2 atom stereocenters. The van der Waals surface area contributed by atoms with E-state index in [1.54, 1.807) is 0 Å². The van der Waals surface area contributed by atoms with E-state index < -0.39 is 12.0 Å². The highest BCUT2D eigenvalue weighted by Crippen LogP contribution is 2.17. The Labute approximate surface area is 108 Å². The van der Waals surface area contributed by atoms with Gasteiger partial charge in [0.1, 0.15) is 6.04 Å². The van der Waals surface area contributed by atoms with Crippen LogP contribution in [0.3, 0.4) is 0 Å². The van der Waals surface area contributed by atoms with Crippen molar-refractivity contribution >= 4 is 18.6 Å². The summed E-state index contributed by atoms with van der Waals surface area (Å²) in [5.41, 5.74) is 1.13. The molecule has 3 nitrogen and oxygen atoms in total. The molecule has 94 valence electrons. The average molecular weight is 253 g/mol. The van der Waals surface area contributed by atoms with Gasteiger partial charge in [0.15, 0.2) is 0 Å². The minimum Gasteiger partial charge on any atom is -0.480 e. The Morgan fingerprint density at radius 2 is 2.06 bits per heavy atom. The molecule has 0 aliphatic carbocycles. The van der Waals surface area contributed by atoms with Gasteiger partial charge in [-0.3, -0.25) is 10.1 Å². The van der Waals surface area contributed by atoms with E-state index in [1.807, 2.05) is 37.3 Å². The van der Waals surface area contributed by atoms with E-state index in [0.717, 1.165) is 12.0 Å². The molecule has 0 radical (unpaired) electrons. The number of nitrogens with one attached hydrogen (secondary N) is 1. The fraction of sp³-hybridized carbons (Fsp3) is 0.462. The summed E-state index contributed by atoms with van der Waals surface area (Å²) < 4.78 is 0. The molecule has 4 heteroatoms. The smallest absolute Gasteiger partial charge is 0.320 e. The zero-order valence-electron chi connectivity index (χ0n) is 9.97. The Bertz CT molecular complexity index is 343. The van der Waals surface area contributed by atoms with Gasteiger partial charge < -0.3 is 5.11 Å². The maximum atomic E-state index is 11.1. The topological polar surface area (TPSA) is 49.3 Å². The molecule has 0 amide bonds. The van der Waals surface area contributed by atoms with Gasteiger partial charge in [0.05, 0.1) is 0 Å². The minimum absolute atomic E-state index is 0.0807. The molecule has 0 spiro atoms. The Morgan fingerprint density at radius 1 is 1.41 bits per heavy atom. The minimum atomic E-state index is -0.812. The predicted molar refractivity (Wildman–Crippen MR) is 72.5 cm³/mol. The highest BCUT2D eigenvalue weighted by molar-refractivity contribution is 7.80. The van der Waals surface area contributed by atoms with Crippen LogP contribution in [-0.4, -0.2) is 22.9 Å². The summed E-state index contributed by atoms with van der Waals surface area (Å²) in [6.45, 7) is 2.05. The highest BCUT2D eigenvalue weighted by Gasteiger charge is 2.20. The van der Waals surface area contributed by atoms with Crippen molar-refractivity contribution in [3.8, 4) is 0 Å². The molecule has 1 unspecified atom stereocenters. The maximum Gasteiger partial charge on any atom is 0.320 e. The summed E-state index contributed by atoms with van der Waals surface area (Å²) >= 11 is 4.09. The van der Waals surface area contributed by atoms with Crippen LogP contribution >= 0.6 is 12.6 Å². The number of thiol groups is 1. The largest absolute Gasteiger partial charge is 0.480 e. The highest BCUT2D eigenvalue weighted by atomic mass is 32.1. The molecule has 0 aliphatic heterocycles. The molecule has 0 aliphatic rings. The van der Waals surface area contributed by atoms with E-state index in [2.05, 4.69) is 17.9 Å². The van der Waals surface area contributed by atoms with E-state index in [-0.39, 0.29) is 6.04 Å². The third-order valence-electron chi connectivity index (χ3n) is 2.73. The normalized spacial score (nSPS) is 14.2. The number of carboxylic acids is 1. The number of rotatable bonds is 7. The van der Waals surface area contributed by atoms with Crippen molar-refractivity contribution in [1.82, 2.24) is 5.32 Å². The first-order valence-corrected chi connectivity index (χ1v) is 6.47. The molecule has 2 N–H and O–H groups in total. The molecular formula is C13H19NO2S. The van der Waals surface area contributed by atoms with E-state index >= 15 is 0 Å². The molecule has 0 saturated heterocycles. The lowest BCUT2D eigenvalue weighted by Gasteiger charge is -2.22. The number of hydrogen-bond donors (Lipinski definition) is 3. The predicted octanol–water partition coefficient (Wildman–Crippen LogP) is 2.50. The van der Waals surface area contributed by atoms with Crippen molar-refractivity contribution in [2.45, 2.75) is 31.8 Å². The lowest BCUT2D eigenvalue weighted by molar-refractivity contribution is -0.139. The number of aliphatic carboxylic acids is 1. The van der Waals surface area contributed by atoms with Crippen LogP contribution in [0.5, 0.6) is 0 Å². The number of carbonyl (C=O) groups is 1. The van der Waals surface area contributed by atoms with Gasteiger partial charge in [0, 0.05) is 6.04 Å². The maximum absolute atomic E-state index is 11.1. The lowest BCUT2D eigenvalue weighted by atomic mass is 10.0. The van der Waals surface area contributed by atoms with Crippen molar-refractivity contribution in [1.29, 1.82) is 0 Å². The van der Waals surface area contributed by atoms with E-state index in [0.29, 0.717) is 12.2 Å². The number of benzene rings is 1. The molecule has 0 bridgehead atoms. The quantitative estimate of drug-likeness (QED) is 0.654. The van der Waals surface area contributed by atoms with Crippen LogP contribution < -0.4 is 5.32 Å². The first-order chi connectivity index (χ1) is 8.19. The molecule has 0 saturated carbocycles. The Morgan fingerprint density at radius 3 is 2.53 bits per heavy atom. The average Bonchev–Trinajstić information content (AvgIpc) is 2.35. The molecule has 0 fully saturated rings. The van der Waals surface area contributed by atoms with Crippen molar-refractivity contribution in [2.75, 3.05) is 5.75 Å². The van der Waals surface area contributed by atoms with Crippen LogP contribution in [0, 0.1) is 0 Å². The molecule has 1 aromatic carbocycles. The van der Waals surface area contributed by atoms with Crippen LogP contribution in [0.1, 0.15) is 31.4 Å². The Hall–Kier alpha value is -1.00. The van der Waals surface area contributed by atoms with Gasteiger partial charge in [0.25, 0.3) is 0 Å². The molecular weight excluding hydrogens is 234 g/mol. The zero-order chi connectivity index (χ0) is 12.7. The third-order valence-corrected chi connectivity index (χ3v) is 2.99. The number of carboxylic acid groups (broad SMARTS) is 1. The molecule has 17 heavy (non-hydrogen) atoms. The van der Waals surface area contributed by atoms with Gasteiger partial charge in [-0.25, -0.2) is 0 Å². The summed E-state index contributed by atoms with van der Waals surface area (Å²) in [4.78, 5) is 11.1. The second-order valence-electron chi connectivity index (χ2n) is 3.94. The van der Waals surface area contributed by atoms with Crippen LogP contribution in [0.4, 0.5) is 0 Å². The fourth-order valence-corrected chi connectivity index (χ4v) is 2.04. The van der Waals surface area contributed by atoms with Gasteiger partial charge in [-0.15, -0.1) is 0 Å². The molecule has 1 aromatic rings. The summed E-state index contributed by atoms with van der Waals surface area (Å²) in [7, 11) is 0. The van der Waals surface area contributed by atoms with Crippen molar-refractivity contribution in [2.24, 2.45) is 0 Å². The van der Waals surface area contributed by atoms with E-state index in [1.165, 1.54) is 0 Å². The number of hydrogen-bond acceptors (Lipinski definition) is 3. The van der Waals surface area contributed by atoms with Crippen LogP contribution in [0.15, 0.2) is 30.3 Å². The second kappa shape index (κ2) is 7.35. The molecule has 0 heterocycles. The summed E-state index contributed by atoms with van der Waals surface area (Å²) in [6, 6.07) is 9.47. The standard InChI is InChI=1S/C13H19NO2S/c1-2-11(10-6-4-3-5-7-10)14-12(8-9-17)13(15)16/h3-7,11-12,14,17H,2,8-9H2,1H3,(H,15,16)/t11?,12-/m0/s1.